The quantitative estimate of drug-likeness (QED) is 0.660. The summed E-state index contributed by atoms with van der Waals surface area (Å²) in [5.74, 6) is 0. The zero-order valence-electron chi connectivity index (χ0n) is 10.7. The number of hydrogen-bond acceptors (Lipinski definition) is 4. The summed E-state index contributed by atoms with van der Waals surface area (Å²) in [5.41, 5.74) is 1.22. The average molecular weight is 285 g/mol. The Balaban J connectivity index is 2.21. The summed E-state index contributed by atoms with van der Waals surface area (Å²) < 4.78 is 0. The number of nitro groups is 1. The van der Waals surface area contributed by atoms with Crippen LogP contribution in [0.1, 0.15) is 31.2 Å². The number of nitrogens with one attached hydrogen (secondary N) is 1. The fourth-order valence-corrected chi connectivity index (χ4v) is 2.67. The minimum atomic E-state index is -0.444. The maximum absolute atomic E-state index is 10.8. The van der Waals surface area contributed by atoms with Crippen LogP contribution < -0.4 is 5.32 Å². The lowest BCUT2D eigenvalue weighted by atomic mass is 9.92. The molecule has 1 saturated carbocycles. The van der Waals surface area contributed by atoms with Gasteiger partial charge < -0.3 is 10.4 Å². The minimum absolute atomic E-state index is 0.0137. The molecule has 0 spiro atoms. The predicted molar refractivity (Wildman–Crippen MR) is 74.7 cm³/mol. The van der Waals surface area contributed by atoms with Crippen molar-refractivity contribution in [3.8, 4) is 0 Å². The molecule has 19 heavy (non-hydrogen) atoms. The van der Waals surface area contributed by atoms with E-state index in [1.807, 2.05) is 0 Å². The van der Waals surface area contributed by atoms with E-state index in [0.29, 0.717) is 16.3 Å². The molecule has 0 aliphatic heterocycles. The van der Waals surface area contributed by atoms with Gasteiger partial charge in [0.15, 0.2) is 0 Å². The normalized spacial score (nSPS) is 23.1. The molecule has 0 saturated heterocycles. The van der Waals surface area contributed by atoms with Crippen LogP contribution >= 0.6 is 11.6 Å². The number of anilines is 1. The topological polar surface area (TPSA) is 75.4 Å². The van der Waals surface area contributed by atoms with Crippen LogP contribution in [0.15, 0.2) is 12.1 Å². The van der Waals surface area contributed by atoms with Crippen molar-refractivity contribution < 1.29 is 10.0 Å². The van der Waals surface area contributed by atoms with Gasteiger partial charge in [-0.15, -0.1) is 0 Å². The van der Waals surface area contributed by atoms with E-state index in [-0.39, 0.29) is 17.8 Å². The van der Waals surface area contributed by atoms with Gasteiger partial charge in [0.2, 0.25) is 0 Å². The predicted octanol–water partition coefficient (Wildman–Crippen LogP) is 3.27. The van der Waals surface area contributed by atoms with Crippen LogP contribution in [0, 0.1) is 17.0 Å². The van der Waals surface area contributed by atoms with Crippen molar-refractivity contribution in [1.29, 1.82) is 0 Å². The third-order valence-corrected chi connectivity index (χ3v) is 3.87. The summed E-state index contributed by atoms with van der Waals surface area (Å²) in [4.78, 5) is 10.4. The van der Waals surface area contributed by atoms with E-state index in [9.17, 15) is 15.2 Å². The molecule has 0 radical (unpaired) electrons. The van der Waals surface area contributed by atoms with Crippen molar-refractivity contribution in [2.24, 2.45) is 0 Å². The molecular weight excluding hydrogens is 268 g/mol. The molecule has 0 heterocycles. The second-order valence-corrected chi connectivity index (χ2v) is 5.39. The van der Waals surface area contributed by atoms with Gasteiger partial charge >= 0.3 is 0 Å². The van der Waals surface area contributed by atoms with Gasteiger partial charge in [-0.3, -0.25) is 10.1 Å². The van der Waals surface area contributed by atoms with E-state index in [1.54, 1.807) is 13.0 Å². The highest BCUT2D eigenvalue weighted by atomic mass is 35.5. The lowest BCUT2D eigenvalue weighted by Gasteiger charge is -2.29. The van der Waals surface area contributed by atoms with Gasteiger partial charge in [-0.05, 0) is 25.8 Å². The van der Waals surface area contributed by atoms with Crippen molar-refractivity contribution in [3.05, 3.63) is 32.8 Å². The maximum Gasteiger partial charge on any atom is 0.273 e. The summed E-state index contributed by atoms with van der Waals surface area (Å²) in [6.45, 7) is 1.68. The molecule has 1 aliphatic rings. The van der Waals surface area contributed by atoms with Gasteiger partial charge in [-0.1, -0.05) is 24.4 Å². The fraction of sp³-hybridized carbons (Fsp3) is 0.538. The lowest BCUT2D eigenvalue weighted by Crippen LogP contribution is -2.36. The largest absolute Gasteiger partial charge is 0.391 e. The Morgan fingerprint density at radius 2 is 2.11 bits per heavy atom. The summed E-state index contributed by atoms with van der Waals surface area (Å²) in [6, 6.07) is 2.99. The van der Waals surface area contributed by atoms with Crippen LogP contribution in [0.4, 0.5) is 11.4 Å². The molecule has 1 aromatic carbocycles. The van der Waals surface area contributed by atoms with Crippen LogP contribution in [0.2, 0.25) is 5.02 Å². The highest BCUT2D eigenvalue weighted by Crippen LogP contribution is 2.32. The molecule has 1 fully saturated rings. The summed E-state index contributed by atoms with van der Waals surface area (Å²) in [6.07, 6.45) is 3.37. The van der Waals surface area contributed by atoms with E-state index in [4.69, 9.17) is 11.6 Å². The highest BCUT2D eigenvalue weighted by molar-refractivity contribution is 6.33. The summed E-state index contributed by atoms with van der Waals surface area (Å²) in [7, 11) is 0. The first kappa shape index (κ1) is 14.1. The van der Waals surface area contributed by atoms with Crippen LogP contribution in [0.5, 0.6) is 0 Å². The van der Waals surface area contributed by atoms with Gasteiger partial charge in [0, 0.05) is 11.6 Å². The van der Waals surface area contributed by atoms with Crippen LogP contribution in [0.25, 0.3) is 0 Å². The number of benzene rings is 1. The van der Waals surface area contributed by atoms with E-state index < -0.39 is 4.92 Å². The Labute approximate surface area is 116 Å². The van der Waals surface area contributed by atoms with Crippen molar-refractivity contribution >= 4 is 23.0 Å². The Morgan fingerprint density at radius 1 is 1.42 bits per heavy atom. The third-order valence-electron chi connectivity index (χ3n) is 3.55. The van der Waals surface area contributed by atoms with Gasteiger partial charge in [-0.25, -0.2) is 0 Å². The second-order valence-electron chi connectivity index (χ2n) is 4.98. The smallest absolute Gasteiger partial charge is 0.273 e. The van der Waals surface area contributed by atoms with Crippen LogP contribution in [0.3, 0.4) is 0 Å². The van der Waals surface area contributed by atoms with Crippen molar-refractivity contribution in [2.75, 3.05) is 5.32 Å². The van der Waals surface area contributed by atoms with E-state index in [1.165, 1.54) is 6.07 Å². The number of halogens is 1. The average Bonchev–Trinajstić information content (AvgIpc) is 2.35. The van der Waals surface area contributed by atoms with Gasteiger partial charge in [-0.2, -0.15) is 0 Å². The molecule has 2 N–H and O–H groups in total. The Bertz CT molecular complexity index is 493. The number of aliphatic hydroxyl groups is 1. The number of hydrogen-bond donors (Lipinski definition) is 2. The molecule has 1 aromatic rings. The van der Waals surface area contributed by atoms with Crippen LogP contribution in [-0.2, 0) is 0 Å². The number of rotatable bonds is 3. The first-order chi connectivity index (χ1) is 8.99. The van der Waals surface area contributed by atoms with Crippen molar-refractivity contribution in [2.45, 2.75) is 44.8 Å². The Kier molecular flexibility index (Phi) is 4.27. The van der Waals surface area contributed by atoms with Crippen molar-refractivity contribution in [3.63, 3.8) is 0 Å². The molecule has 1 aliphatic carbocycles. The molecule has 0 unspecified atom stereocenters. The summed E-state index contributed by atoms with van der Waals surface area (Å²) >= 11 is 6.06. The SMILES string of the molecule is Cc1cc(N[C@H]2CCCC[C@@H]2O)c(Cl)cc1[N+](=O)[O-]. The molecule has 0 aromatic heterocycles. The molecule has 2 atom stereocenters. The summed E-state index contributed by atoms with van der Waals surface area (Å²) in [5, 5.41) is 24.2. The second kappa shape index (κ2) is 5.75. The minimum Gasteiger partial charge on any atom is -0.391 e. The molecule has 5 nitrogen and oxygen atoms in total. The Morgan fingerprint density at radius 3 is 2.74 bits per heavy atom. The molecule has 0 amide bonds. The first-order valence-electron chi connectivity index (χ1n) is 6.38. The first-order valence-corrected chi connectivity index (χ1v) is 6.76. The van der Waals surface area contributed by atoms with Gasteiger partial charge in [0.05, 0.1) is 27.8 Å². The molecule has 2 rings (SSSR count). The number of nitrogens with zero attached hydrogens (tertiary/aromatic N) is 1. The molecule has 0 bridgehead atoms. The number of nitro benzene ring substituents is 1. The van der Waals surface area contributed by atoms with Gasteiger partial charge in [0.25, 0.3) is 5.69 Å². The monoisotopic (exact) mass is 284 g/mol. The molecule has 104 valence electrons. The van der Waals surface area contributed by atoms with Crippen molar-refractivity contribution in [1.82, 2.24) is 0 Å². The van der Waals surface area contributed by atoms with Crippen LogP contribution in [-0.4, -0.2) is 22.2 Å². The van der Waals surface area contributed by atoms with E-state index in [2.05, 4.69) is 5.32 Å². The zero-order valence-corrected chi connectivity index (χ0v) is 11.5. The van der Waals surface area contributed by atoms with Gasteiger partial charge in [0.1, 0.15) is 0 Å². The highest BCUT2D eigenvalue weighted by Gasteiger charge is 2.24. The fourth-order valence-electron chi connectivity index (χ4n) is 2.46. The molecule has 6 heteroatoms. The zero-order chi connectivity index (χ0) is 14.0. The Hall–Kier alpha value is -1.33. The number of aliphatic hydroxyl groups excluding tert-OH is 1. The molecular formula is C13H17ClN2O3. The number of aryl methyl sites for hydroxylation is 1. The van der Waals surface area contributed by atoms with E-state index in [0.717, 1.165) is 25.7 Å². The lowest BCUT2D eigenvalue weighted by molar-refractivity contribution is -0.385. The maximum atomic E-state index is 10.8. The van der Waals surface area contributed by atoms with E-state index >= 15 is 0 Å². The third kappa shape index (κ3) is 3.16. The standard InChI is InChI=1S/C13H17ClN2O3/c1-8-6-11(9(14)7-12(8)16(18)19)15-10-4-2-3-5-13(10)17/h6-7,10,13,15,17H,2-5H2,1H3/t10-,13-/m0/s1.